The molecule has 1 aliphatic rings. The third-order valence-electron chi connectivity index (χ3n) is 3.32. The van der Waals surface area contributed by atoms with Crippen LogP contribution in [0.15, 0.2) is 12.1 Å². The number of benzene rings is 1. The van der Waals surface area contributed by atoms with Crippen LogP contribution in [0, 0.1) is 0 Å². The van der Waals surface area contributed by atoms with Crippen molar-refractivity contribution in [2.24, 2.45) is 0 Å². The van der Waals surface area contributed by atoms with Crippen LogP contribution < -0.4 is 14.8 Å². The van der Waals surface area contributed by atoms with E-state index in [2.05, 4.69) is 10.2 Å². The summed E-state index contributed by atoms with van der Waals surface area (Å²) in [5.74, 6) is 1.36. The molecule has 6 heteroatoms. The molecule has 1 saturated heterocycles. The maximum Gasteiger partial charge on any atom is 0.143 e. The van der Waals surface area contributed by atoms with E-state index in [9.17, 15) is 0 Å². The first-order valence-corrected chi connectivity index (χ1v) is 7.08. The van der Waals surface area contributed by atoms with Crippen LogP contribution in [0.1, 0.15) is 0 Å². The Labute approximate surface area is 124 Å². The number of hydrogen-bond donors (Lipinski definition) is 1. The fourth-order valence-corrected chi connectivity index (χ4v) is 2.40. The van der Waals surface area contributed by atoms with Crippen molar-refractivity contribution >= 4 is 17.3 Å². The minimum Gasteiger partial charge on any atom is -0.495 e. The van der Waals surface area contributed by atoms with E-state index in [1.54, 1.807) is 20.3 Å². The smallest absolute Gasteiger partial charge is 0.143 e. The minimum absolute atomic E-state index is 0.545. The average Bonchev–Trinajstić information content (AvgIpc) is 2.49. The minimum atomic E-state index is 0.545. The Morgan fingerprint density at radius 1 is 1.20 bits per heavy atom. The maximum absolute atomic E-state index is 6.08. The molecular formula is C14H21ClN2O3. The highest BCUT2D eigenvalue weighted by Gasteiger charge is 2.12. The molecule has 0 atom stereocenters. The van der Waals surface area contributed by atoms with E-state index in [0.717, 1.165) is 50.8 Å². The van der Waals surface area contributed by atoms with Crippen LogP contribution in [0.4, 0.5) is 5.69 Å². The molecule has 1 aliphatic heterocycles. The molecule has 0 spiro atoms. The Hall–Kier alpha value is -1.17. The lowest BCUT2D eigenvalue weighted by atomic mass is 10.2. The maximum atomic E-state index is 6.08. The first-order valence-electron chi connectivity index (χ1n) is 6.70. The third-order valence-corrected chi connectivity index (χ3v) is 3.62. The van der Waals surface area contributed by atoms with Crippen molar-refractivity contribution < 1.29 is 14.2 Å². The van der Waals surface area contributed by atoms with Gasteiger partial charge in [-0.3, -0.25) is 4.90 Å². The summed E-state index contributed by atoms with van der Waals surface area (Å²) < 4.78 is 15.9. The van der Waals surface area contributed by atoms with Gasteiger partial charge in [0, 0.05) is 38.3 Å². The fourth-order valence-electron chi connectivity index (χ4n) is 2.17. The number of nitrogens with one attached hydrogen (secondary N) is 1. The van der Waals surface area contributed by atoms with Crippen LogP contribution in [0.25, 0.3) is 0 Å². The van der Waals surface area contributed by atoms with Crippen LogP contribution in [0.3, 0.4) is 0 Å². The zero-order chi connectivity index (χ0) is 14.4. The van der Waals surface area contributed by atoms with E-state index in [0.29, 0.717) is 10.8 Å². The molecule has 0 unspecified atom stereocenters. The van der Waals surface area contributed by atoms with Gasteiger partial charge in [-0.05, 0) is 0 Å². The van der Waals surface area contributed by atoms with Gasteiger partial charge in [-0.2, -0.15) is 0 Å². The summed E-state index contributed by atoms with van der Waals surface area (Å²) in [6, 6.07) is 3.62. The van der Waals surface area contributed by atoms with Gasteiger partial charge in [0.25, 0.3) is 0 Å². The molecule has 20 heavy (non-hydrogen) atoms. The number of rotatable bonds is 6. The molecule has 0 amide bonds. The molecule has 1 heterocycles. The molecule has 0 bridgehead atoms. The molecule has 112 valence electrons. The second-order valence-electron chi connectivity index (χ2n) is 4.57. The van der Waals surface area contributed by atoms with Gasteiger partial charge >= 0.3 is 0 Å². The fraction of sp³-hybridized carbons (Fsp3) is 0.571. The van der Waals surface area contributed by atoms with Crippen LogP contribution in [0.2, 0.25) is 5.02 Å². The summed E-state index contributed by atoms with van der Waals surface area (Å²) in [5.41, 5.74) is 0.891. The van der Waals surface area contributed by atoms with Gasteiger partial charge in [-0.1, -0.05) is 11.6 Å². The van der Waals surface area contributed by atoms with Crippen LogP contribution in [-0.2, 0) is 4.74 Å². The lowest BCUT2D eigenvalue weighted by molar-refractivity contribution is 0.0398. The van der Waals surface area contributed by atoms with E-state index in [4.69, 9.17) is 25.8 Å². The van der Waals surface area contributed by atoms with Crippen molar-refractivity contribution in [3.63, 3.8) is 0 Å². The van der Waals surface area contributed by atoms with Crippen molar-refractivity contribution in [1.29, 1.82) is 0 Å². The Kier molecular flexibility index (Phi) is 5.76. The van der Waals surface area contributed by atoms with Gasteiger partial charge in [-0.25, -0.2) is 0 Å². The Morgan fingerprint density at radius 2 is 1.90 bits per heavy atom. The van der Waals surface area contributed by atoms with Gasteiger partial charge in [0.2, 0.25) is 0 Å². The zero-order valence-corrected chi connectivity index (χ0v) is 12.7. The third kappa shape index (κ3) is 3.91. The lowest BCUT2D eigenvalue weighted by Crippen LogP contribution is -2.39. The van der Waals surface area contributed by atoms with Crippen molar-refractivity contribution in [2.45, 2.75) is 0 Å². The molecule has 0 saturated carbocycles. The van der Waals surface area contributed by atoms with Crippen molar-refractivity contribution in [1.82, 2.24) is 4.90 Å². The summed E-state index contributed by atoms with van der Waals surface area (Å²) in [4.78, 5) is 2.37. The highest BCUT2D eigenvalue weighted by Crippen LogP contribution is 2.35. The normalized spacial score (nSPS) is 15.9. The molecular weight excluding hydrogens is 280 g/mol. The lowest BCUT2D eigenvalue weighted by Gasteiger charge is -2.26. The quantitative estimate of drug-likeness (QED) is 0.871. The van der Waals surface area contributed by atoms with Crippen molar-refractivity contribution in [3.8, 4) is 11.5 Å². The number of ether oxygens (including phenoxy) is 3. The molecule has 1 aromatic carbocycles. The van der Waals surface area contributed by atoms with E-state index in [1.165, 1.54) is 0 Å². The Balaban J connectivity index is 1.93. The molecule has 2 rings (SSSR count). The predicted molar refractivity (Wildman–Crippen MR) is 80.3 cm³/mol. The van der Waals surface area contributed by atoms with Crippen LogP contribution >= 0.6 is 11.6 Å². The van der Waals surface area contributed by atoms with Gasteiger partial charge < -0.3 is 19.5 Å². The Morgan fingerprint density at radius 3 is 2.55 bits per heavy atom. The summed E-state index contributed by atoms with van der Waals surface area (Å²) in [6.45, 7) is 5.42. The number of morpholine rings is 1. The predicted octanol–water partition coefficient (Wildman–Crippen LogP) is 2.10. The SMILES string of the molecule is COc1cc(NCCN2CCOCC2)c(OC)cc1Cl. The molecule has 0 aliphatic carbocycles. The Bertz CT molecular complexity index is 437. The largest absolute Gasteiger partial charge is 0.495 e. The van der Waals surface area contributed by atoms with E-state index in [1.807, 2.05) is 6.07 Å². The summed E-state index contributed by atoms with van der Waals surface area (Å²) in [6.07, 6.45) is 0. The van der Waals surface area contributed by atoms with Crippen LogP contribution in [-0.4, -0.2) is 58.5 Å². The number of nitrogens with zero attached hydrogens (tertiary/aromatic N) is 1. The number of anilines is 1. The topological polar surface area (TPSA) is 43.0 Å². The van der Waals surface area contributed by atoms with E-state index >= 15 is 0 Å². The van der Waals surface area contributed by atoms with Gasteiger partial charge in [0.15, 0.2) is 0 Å². The van der Waals surface area contributed by atoms with Gasteiger partial charge in [0.05, 0.1) is 38.1 Å². The zero-order valence-electron chi connectivity index (χ0n) is 11.9. The van der Waals surface area contributed by atoms with Crippen LogP contribution in [0.5, 0.6) is 11.5 Å². The van der Waals surface area contributed by atoms with Gasteiger partial charge in [-0.15, -0.1) is 0 Å². The number of hydrogen-bond acceptors (Lipinski definition) is 5. The highest BCUT2D eigenvalue weighted by molar-refractivity contribution is 6.32. The number of halogens is 1. The second-order valence-corrected chi connectivity index (χ2v) is 4.98. The standard InChI is InChI=1S/C14H21ClN2O3/c1-18-13-10-12(14(19-2)9-11(13)15)16-3-4-17-5-7-20-8-6-17/h9-10,16H,3-8H2,1-2H3. The number of methoxy groups -OCH3 is 2. The summed E-state index contributed by atoms with van der Waals surface area (Å²) in [5, 5.41) is 3.91. The monoisotopic (exact) mass is 300 g/mol. The van der Waals surface area contributed by atoms with E-state index < -0.39 is 0 Å². The molecule has 1 N–H and O–H groups in total. The van der Waals surface area contributed by atoms with Crippen molar-refractivity contribution in [3.05, 3.63) is 17.2 Å². The average molecular weight is 301 g/mol. The van der Waals surface area contributed by atoms with Gasteiger partial charge in [0.1, 0.15) is 11.5 Å². The highest BCUT2D eigenvalue weighted by atomic mass is 35.5. The molecule has 0 radical (unpaired) electrons. The van der Waals surface area contributed by atoms with E-state index in [-0.39, 0.29) is 0 Å². The molecule has 1 fully saturated rings. The summed E-state index contributed by atoms with van der Waals surface area (Å²) in [7, 11) is 3.23. The second kappa shape index (κ2) is 7.57. The molecule has 5 nitrogen and oxygen atoms in total. The molecule has 1 aromatic rings. The van der Waals surface area contributed by atoms with Crippen molar-refractivity contribution in [2.75, 3.05) is 58.9 Å². The first-order chi connectivity index (χ1) is 9.74. The molecule has 0 aromatic heterocycles. The first kappa shape index (κ1) is 15.2. The summed E-state index contributed by atoms with van der Waals surface area (Å²) >= 11 is 6.08.